The maximum atomic E-state index is 7.13. The molecule has 4 unspecified atom stereocenters. The molecule has 0 aromatic rings. The van der Waals surface area contributed by atoms with Gasteiger partial charge in [-0.2, -0.15) is 30.7 Å². The van der Waals surface area contributed by atoms with E-state index in [4.69, 9.17) is 57.3 Å². The van der Waals surface area contributed by atoms with Gasteiger partial charge in [0.1, 0.15) is 0 Å². The van der Waals surface area contributed by atoms with Gasteiger partial charge in [0.05, 0.1) is 0 Å². The van der Waals surface area contributed by atoms with Crippen LogP contribution in [0.5, 0.6) is 0 Å². The van der Waals surface area contributed by atoms with Crippen LogP contribution in [0.2, 0.25) is 0 Å². The van der Waals surface area contributed by atoms with Crippen LogP contribution in [-0.4, -0.2) is 92.3 Å². The van der Waals surface area contributed by atoms with Crippen LogP contribution in [0.15, 0.2) is 32.6 Å². The number of nitrogens with zero attached hydrogens (tertiary/aromatic N) is 10. The smallest absolute Gasteiger partial charge is 0.00601 e. The van der Waals surface area contributed by atoms with Crippen molar-refractivity contribution in [2.45, 2.75) is 153 Å². The molecule has 4 aliphatic heterocycles. The van der Waals surface area contributed by atoms with Gasteiger partial charge >= 0.3 is 0 Å². The van der Waals surface area contributed by atoms with Gasteiger partial charge in [0.2, 0.25) is 0 Å². The van der Waals surface area contributed by atoms with Crippen molar-refractivity contribution in [2.24, 2.45) is 32.2 Å². The second kappa shape index (κ2) is 37.2. The zero-order valence-corrected chi connectivity index (χ0v) is 47.3. The minimum Gasteiger partial charge on any atom is -0.753 e. The molecule has 4 atom stereocenters. The van der Waals surface area contributed by atoms with Crippen molar-refractivity contribution in [1.82, 2.24) is 0 Å². The summed E-state index contributed by atoms with van der Waals surface area (Å²) >= 11 is 21.7. The van der Waals surface area contributed by atoms with Crippen LogP contribution < -0.4 is 0 Å². The minimum atomic E-state index is 0. The zero-order valence-electron chi connectivity index (χ0n) is 34.3. The standard InChI is InChI=1S/C19H32N4S2.C19H30N4S2.2CNS.2Cd/c2*24-19(25-14-15-8-2-1-3-9-15)23-22-18(16-10-4-6-12-20-16)17-11-5-7-13-21-17;2*2-1-3;;/h15-17H,1-14H2,(H,23,24);4,6,15-17H,1-3,5,7-14H2,(H,23,24);;;;/q2*-2;2*-1;;/p-2. The third-order valence-electron chi connectivity index (χ3n) is 10.9. The van der Waals surface area contributed by atoms with Crippen LogP contribution in [0.25, 0.3) is 32.1 Å². The topological polar surface area (TPSA) is 150 Å². The van der Waals surface area contributed by atoms with Gasteiger partial charge in [-0.25, -0.2) is 0 Å². The fourth-order valence-electron chi connectivity index (χ4n) is 7.92. The number of hydrogen-bond acceptors (Lipinski definition) is 10. The molecule has 6 aliphatic rings. The van der Waals surface area contributed by atoms with E-state index < -0.39 is 0 Å². The molecule has 2 aliphatic carbocycles. The molecule has 5 fully saturated rings. The largest absolute Gasteiger partial charge is 0.753 e. The molecule has 0 aromatic carbocycles. The van der Waals surface area contributed by atoms with Gasteiger partial charge in [0.25, 0.3) is 0 Å². The first-order chi connectivity index (χ1) is 27.5. The number of thiocarbonyl (C=S) groups is 2. The van der Waals surface area contributed by atoms with Crippen molar-refractivity contribution in [3.05, 3.63) is 44.2 Å². The molecular formula is C40H60Cd2N10S6-8. The summed E-state index contributed by atoms with van der Waals surface area (Å²) in [5.74, 6) is 3.82. The molecule has 3 saturated heterocycles. The summed E-state index contributed by atoms with van der Waals surface area (Å²) in [6.07, 6.45) is 29.5. The summed E-state index contributed by atoms with van der Waals surface area (Å²) in [5.41, 5.74) is 2.12. The van der Waals surface area contributed by atoms with E-state index in [1.165, 1.54) is 113 Å². The number of isothiocyanates is 2. The molecule has 0 N–H and O–H groups in total. The molecule has 0 bridgehead atoms. The summed E-state index contributed by atoms with van der Waals surface area (Å²) in [4.78, 5) is 0. The van der Waals surface area contributed by atoms with Crippen molar-refractivity contribution in [2.75, 3.05) is 37.7 Å². The molecule has 6 rings (SSSR count). The Morgan fingerprint density at radius 2 is 0.897 bits per heavy atom. The fraction of sp³-hybridized carbons (Fsp3) is 0.800. The number of piperidine rings is 3. The number of thioether (sulfide) groups is 2. The molecule has 0 spiro atoms. The number of hydrogen-bond donors (Lipinski definition) is 0. The minimum absolute atomic E-state index is 0. The maximum absolute atomic E-state index is 7.13. The van der Waals surface area contributed by atoms with Crippen LogP contribution in [-0.2, 0) is 79.9 Å². The summed E-state index contributed by atoms with van der Waals surface area (Å²) in [7, 11) is 0. The summed E-state index contributed by atoms with van der Waals surface area (Å²) in [5, 5.41) is 54.1. The second-order valence-electron chi connectivity index (χ2n) is 14.9. The van der Waals surface area contributed by atoms with Gasteiger partial charge in [-0.05, 0) is 52.7 Å². The van der Waals surface area contributed by atoms with Gasteiger partial charge in [0.15, 0.2) is 0 Å². The van der Waals surface area contributed by atoms with E-state index in [2.05, 4.69) is 57.0 Å². The van der Waals surface area contributed by atoms with Gasteiger partial charge < -0.3 is 57.3 Å². The molecule has 4 heterocycles. The van der Waals surface area contributed by atoms with Gasteiger partial charge in [-0.3, -0.25) is 0 Å². The summed E-state index contributed by atoms with van der Waals surface area (Å²) in [6, 6.07) is 0.752. The van der Waals surface area contributed by atoms with Crippen molar-refractivity contribution >= 4 is 104 Å². The van der Waals surface area contributed by atoms with Gasteiger partial charge in [0, 0.05) is 77.5 Å². The van der Waals surface area contributed by atoms with Crippen LogP contribution in [0.4, 0.5) is 0 Å². The Balaban J connectivity index is 0.000000496. The van der Waals surface area contributed by atoms with Crippen molar-refractivity contribution in [3.63, 3.8) is 0 Å². The Labute approximate surface area is 420 Å². The van der Waals surface area contributed by atoms with Gasteiger partial charge in [-0.1, -0.05) is 151 Å². The third kappa shape index (κ3) is 24.6. The van der Waals surface area contributed by atoms with Crippen LogP contribution in [0.3, 0.4) is 0 Å². The van der Waals surface area contributed by atoms with E-state index in [0.717, 1.165) is 86.6 Å². The van der Waals surface area contributed by atoms with E-state index in [0.29, 0.717) is 8.75 Å². The van der Waals surface area contributed by atoms with Crippen LogP contribution in [0.1, 0.15) is 128 Å². The normalized spacial score (nSPS) is 25.8. The van der Waals surface area contributed by atoms with Crippen LogP contribution >= 0.6 is 48.0 Å². The first kappa shape index (κ1) is 56.9. The zero-order chi connectivity index (χ0) is 40.1. The SMILES string of the molecule is [Cd].[Cd].[N-]=C=S.[N-]=C=S.[S-]C(=NN=C(C1CC=CC[N-]1)C1CCCC[N-]1)SCC1CCCCC1.[S-]C(=NN=C(C1CCCC[N-]1)C1CCCC[N-]1)SCC1CCCCC1. The van der Waals surface area contributed by atoms with E-state index in [-0.39, 0.29) is 78.8 Å². The molecule has 0 radical (unpaired) electrons. The molecule has 58 heavy (non-hydrogen) atoms. The Morgan fingerprint density at radius 1 is 0.534 bits per heavy atom. The average molecular weight is 1100 g/mol. The molecule has 0 aromatic heterocycles. The maximum Gasteiger partial charge on any atom is 0.00601 e. The predicted molar refractivity (Wildman–Crippen MR) is 258 cm³/mol. The van der Waals surface area contributed by atoms with Crippen molar-refractivity contribution < 1.29 is 54.6 Å². The molecular weight excluding hydrogens is 1040 g/mol. The third-order valence-corrected chi connectivity index (χ3v) is 13.7. The predicted octanol–water partition coefficient (Wildman–Crippen LogP) is 11.9. The van der Waals surface area contributed by atoms with Crippen molar-refractivity contribution in [3.8, 4) is 0 Å². The van der Waals surface area contributed by atoms with Gasteiger partial charge in [-0.15, -0.1) is 55.8 Å². The first-order valence-corrected chi connectivity index (χ1v) is 24.3. The molecule has 2 saturated carbocycles. The van der Waals surface area contributed by atoms with Crippen LogP contribution in [0, 0.1) is 11.8 Å². The molecule has 18 heteroatoms. The van der Waals surface area contributed by atoms with Crippen molar-refractivity contribution in [1.29, 1.82) is 0 Å². The number of rotatable bonds is 10. The quantitative estimate of drug-likeness (QED) is 0.0404. The summed E-state index contributed by atoms with van der Waals surface area (Å²) in [6.45, 7) is 3.62. The van der Waals surface area contributed by atoms with E-state index in [9.17, 15) is 0 Å². The Bertz CT molecular complexity index is 1280. The monoisotopic (exact) mass is 1100 g/mol. The Morgan fingerprint density at radius 3 is 1.22 bits per heavy atom. The second-order valence-corrected chi connectivity index (χ2v) is 18.6. The van der Waals surface area contributed by atoms with E-state index in [1.807, 2.05) is 0 Å². The summed E-state index contributed by atoms with van der Waals surface area (Å²) < 4.78 is 1.36. The molecule has 0 amide bonds. The average Bonchev–Trinajstić information content (AvgIpc) is 3.25. The first-order valence-electron chi connectivity index (χ1n) is 20.7. The fourth-order valence-corrected chi connectivity index (χ4v) is 10.0. The van der Waals surface area contributed by atoms with E-state index >= 15 is 0 Å². The molecule has 318 valence electrons. The Hall–Kier alpha value is 0.844. The molecule has 10 nitrogen and oxygen atoms in total. The van der Waals surface area contributed by atoms with E-state index in [1.54, 1.807) is 23.5 Å². The Kier molecular flexibility index (Phi) is 36.5.